The molecule has 1 aliphatic carbocycles. The van der Waals surface area contributed by atoms with Crippen LogP contribution < -0.4 is 5.32 Å². The molecular weight excluding hydrogens is 322 g/mol. The van der Waals surface area contributed by atoms with Crippen LogP contribution in [0.5, 0.6) is 0 Å². The van der Waals surface area contributed by atoms with Crippen LogP contribution in [0.2, 0.25) is 5.02 Å². The van der Waals surface area contributed by atoms with Crippen molar-refractivity contribution in [2.24, 2.45) is 5.92 Å². The number of hydrogen-bond donors (Lipinski definition) is 1. The van der Waals surface area contributed by atoms with E-state index < -0.39 is 0 Å². The van der Waals surface area contributed by atoms with E-state index in [1.807, 2.05) is 12.1 Å². The van der Waals surface area contributed by atoms with E-state index in [0.29, 0.717) is 6.04 Å². The van der Waals surface area contributed by atoms with Gasteiger partial charge in [0, 0.05) is 0 Å². The van der Waals surface area contributed by atoms with Gasteiger partial charge in [-0.05, 0) is 52.4 Å². The summed E-state index contributed by atoms with van der Waals surface area (Å²) in [4.78, 5) is 0. The molecule has 0 spiro atoms. The zero-order valence-corrected chi connectivity index (χ0v) is 12.8. The molecule has 1 saturated carbocycles. The summed E-state index contributed by atoms with van der Waals surface area (Å²) < 4.78 is 0.943. The molecule has 0 saturated heterocycles. The van der Waals surface area contributed by atoms with Gasteiger partial charge in [-0.2, -0.15) is 0 Å². The van der Waals surface area contributed by atoms with Crippen LogP contribution in [0.25, 0.3) is 0 Å². The van der Waals surface area contributed by atoms with Crippen LogP contribution >= 0.6 is 27.5 Å². The largest absolute Gasteiger partial charge is 0.377 e. The topological polar surface area (TPSA) is 12.0 Å². The van der Waals surface area contributed by atoms with Gasteiger partial charge >= 0.3 is 0 Å². The SMILES string of the molecule is Clc1cccc(NC(c2ccccc2)C2CC2)c1Br. The molecule has 2 aromatic rings. The molecule has 1 nitrogen and oxygen atoms in total. The van der Waals surface area contributed by atoms with E-state index in [1.165, 1.54) is 18.4 Å². The van der Waals surface area contributed by atoms with Crippen molar-refractivity contribution in [2.45, 2.75) is 18.9 Å². The Labute approximate surface area is 127 Å². The Balaban J connectivity index is 1.88. The van der Waals surface area contributed by atoms with Gasteiger partial charge in [-0.25, -0.2) is 0 Å². The summed E-state index contributed by atoms with van der Waals surface area (Å²) in [6.45, 7) is 0. The Kier molecular flexibility index (Phi) is 3.81. The minimum Gasteiger partial charge on any atom is -0.377 e. The van der Waals surface area contributed by atoms with Gasteiger partial charge in [0.25, 0.3) is 0 Å². The molecule has 1 atom stereocenters. The molecule has 1 aliphatic rings. The Hall–Kier alpha value is -0.990. The molecule has 1 N–H and O–H groups in total. The fraction of sp³-hybridized carbons (Fsp3) is 0.250. The van der Waals surface area contributed by atoms with Crippen LogP contribution in [-0.4, -0.2) is 0 Å². The van der Waals surface area contributed by atoms with Crippen LogP contribution in [0.3, 0.4) is 0 Å². The van der Waals surface area contributed by atoms with E-state index in [4.69, 9.17) is 11.6 Å². The standard InChI is InChI=1S/C16H15BrClN/c17-15-13(18)7-4-8-14(15)19-16(12-9-10-12)11-5-2-1-3-6-11/h1-8,12,16,19H,9-10H2. The second-order valence-electron chi connectivity index (χ2n) is 4.97. The highest BCUT2D eigenvalue weighted by atomic mass is 79.9. The highest BCUT2D eigenvalue weighted by Crippen LogP contribution is 2.44. The highest BCUT2D eigenvalue weighted by Gasteiger charge is 2.32. The van der Waals surface area contributed by atoms with Gasteiger partial charge in [0.1, 0.15) is 0 Å². The number of anilines is 1. The molecule has 3 heteroatoms. The lowest BCUT2D eigenvalue weighted by atomic mass is 10.0. The molecule has 0 aliphatic heterocycles. The first kappa shape index (κ1) is 13.0. The first-order chi connectivity index (χ1) is 9.25. The second kappa shape index (κ2) is 5.56. The van der Waals surface area contributed by atoms with Crippen LogP contribution in [0.15, 0.2) is 53.0 Å². The maximum atomic E-state index is 6.15. The number of nitrogens with one attached hydrogen (secondary N) is 1. The number of halogens is 2. The van der Waals surface area contributed by atoms with Crippen molar-refractivity contribution >= 4 is 33.2 Å². The molecule has 0 bridgehead atoms. The molecule has 0 aromatic heterocycles. The Morgan fingerprint density at radius 1 is 1.05 bits per heavy atom. The van der Waals surface area contributed by atoms with Gasteiger partial charge in [-0.15, -0.1) is 0 Å². The lowest BCUT2D eigenvalue weighted by Crippen LogP contribution is -2.13. The van der Waals surface area contributed by atoms with Gasteiger partial charge in [-0.3, -0.25) is 0 Å². The van der Waals surface area contributed by atoms with Gasteiger partial charge in [0.15, 0.2) is 0 Å². The zero-order valence-electron chi connectivity index (χ0n) is 10.4. The highest BCUT2D eigenvalue weighted by molar-refractivity contribution is 9.10. The van der Waals surface area contributed by atoms with Crippen molar-refractivity contribution in [3.63, 3.8) is 0 Å². The van der Waals surface area contributed by atoms with E-state index >= 15 is 0 Å². The van der Waals surface area contributed by atoms with E-state index in [0.717, 1.165) is 21.1 Å². The van der Waals surface area contributed by atoms with Crippen LogP contribution in [0, 0.1) is 5.92 Å². The summed E-state index contributed by atoms with van der Waals surface area (Å²) >= 11 is 9.71. The summed E-state index contributed by atoms with van der Waals surface area (Å²) in [5.74, 6) is 0.730. The molecule has 19 heavy (non-hydrogen) atoms. The molecular formula is C16H15BrClN. The van der Waals surface area contributed by atoms with Crippen molar-refractivity contribution in [1.82, 2.24) is 0 Å². The van der Waals surface area contributed by atoms with E-state index in [1.54, 1.807) is 0 Å². The molecule has 1 unspecified atom stereocenters. The Bertz CT molecular complexity index is 566. The van der Waals surface area contributed by atoms with Crippen molar-refractivity contribution in [1.29, 1.82) is 0 Å². The van der Waals surface area contributed by atoms with Crippen molar-refractivity contribution < 1.29 is 0 Å². The fourth-order valence-electron chi connectivity index (χ4n) is 2.35. The lowest BCUT2D eigenvalue weighted by molar-refractivity contribution is 0.678. The average Bonchev–Trinajstić information content (AvgIpc) is 3.26. The van der Waals surface area contributed by atoms with E-state index in [2.05, 4.69) is 57.6 Å². The minimum absolute atomic E-state index is 0.371. The second-order valence-corrected chi connectivity index (χ2v) is 6.17. The smallest absolute Gasteiger partial charge is 0.0593 e. The third-order valence-electron chi connectivity index (χ3n) is 3.51. The summed E-state index contributed by atoms with van der Waals surface area (Å²) in [6, 6.07) is 16.9. The first-order valence-corrected chi connectivity index (χ1v) is 7.68. The maximum absolute atomic E-state index is 6.15. The van der Waals surface area contributed by atoms with Crippen molar-refractivity contribution in [3.05, 3.63) is 63.6 Å². The third-order valence-corrected chi connectivity index (χ3v) is 4.91. The van der Waals surface area contributed by atoms with Gasteiger partial charge < -0.3 is 5.32 Å². The molecule has 0 heterocycles. The molecule has 1 fully saturated rings. The van der Waals surface area contributed by atoms with Gasteiger partial charge in [0.05, 0.1) is 21.2 Å². The maximum Gasteiger partial charge on any atom is 0.0593 e. The fourth-order valence-corrected chi connectivity index (χ4v) is 2.90. The summed E-state index contributed by atoms with van der Waals surface area (Å²) in [5, 5.41) is 4.38. The average molecular weight is 337 g/mol. The lowest BCUT2D eigenvalue weighted by Gasteiger charge is -2.21. The monoisotopic (exact) mass is 335 g/mol. The summed E-state index contributed by atoms with van der Waals surface area (Å²) in [5.41, 5.74) is 2.41. The number of hydrogen-bond acceptors (Lipinski definition) is 1. The number of rotatable bonds is 4. The molecule has 98 valence electrons. The van der Waals surface area contributed by atoms with E-state index in [9.17, 15) is 0 Å². The molecule has 3 rings (SSSR count). The van der Waals surface area contributed by atoms with Crippen LogP contribution in [0.1, 0.15) is 24.4 Å². The summed E-state index contributed by atoms with van der Waals surface area (Å²) in [6.07, 6.45) is 2.59. The van der Waals surface area contributed by atoms with Crippen LogP contribution in [0.4, 0.5) is 5.69 Å². The zero-order chi connectivity index (χ0) is 13.2. The predicted octanol–water partition coefficient (Wildman–Crippen LogP) is 5.67. The predicted molar refractivity (Wildman–Crippen MR) is 84.7 cm³/mol. The molecule has 0 amide bonds. The van der Waals surface area contributed by atoms with Gasteiger partial charge in [-0.1, -0.05) is 48.0 Å². The quantitative estimate of drug-likeness (QED) is 0.759. The Morgan fingerprint density at radius 2 is 1.79 bits per heavy atom. The molecule has 0 radical (unpaired) electrons. The Morgan fingerprint density at radius 3 is 2.47 bits per heavy atom. The molecule has 2 aromatic carbocycles. The minimum atomic E-state index is 0.371. The van der Waals surface area contributed by atoms with Crippen molar-refractivity contribution in [2.75, 3.05) is 5.32 Å². The third kappa shape index (κ3) is 2.96. The normalized spacial score (nSPS) is 16.1. The van der Waals surface area contributed by atoms with Crippen LogP contribution in [-0.2, 0) is 0 Å². The van der Waals surface area contributed by atoms with E-state index in [-0.39, 0.29) is 0 Å². The van der Waals surface area contributed by atoms with Crippen molar-refractivity contribution in [3.8, 4) is 0 Å². The summed E-state index contributed by atoms with van der Waals surface area (Å²) in [7, 11) is 0. The number of benzene rings is 2. The first-order valence-electron chi connectivity index (χ1n) is 6.51. The van der Waals surface area contributed by atoms with Gasteiger partial charge in [0.2, 0.25) is 0 Å².